The van der Waals surface area contributed by atoms with Crippen molar-refractivity contribution in [1.29, 1.82) is 0 Å². The zero-order chi connectivity index (χ0) is 22.7. The molecule has 1 saturated heterocycles. The van der Waals surface area contributed by atoms with E-state index >= 15 is 0 Å². The smallest absolute Gasteiger partial charge is 0.123 e. The lowest BCUT2D eigenvalue weighted by molar-refractivity contribution is 0.0942. The number of imidazole rings is 1. The molecule has 1 atom stereocenters. The van der Waals surface area contributed by atoms with Gasteiger partial charge in [0.15, 0.2) is 0 Å². The van der Waals surface area contributed by atoms with Crippen LogP contribution < -0.4 is 0 Å². The Labute approximate surface area is 190 Å². The number of likely N-dealkylation sites (tertiary alicyclic amines) is 1. The molecule has 7 heteroatoms. The predicted octanol–water partition coefficient (Wildman–Crippen LogP) is 3.85. The highest BCUT2D eigenvalue weighted by Gasteiger charge is 2.30. The number of benzene rings is 1. The fourth-order valence-electron chi connectivity index (χ4n) is 4.99. The molecule has 1 unspecified atom stereocenters. The number of aryl methyl sites for hydroxylation is 3. The van der Waals surface area contributed by atoms with Crippen molar-refractivity contribution in [3.8, 4) is 0 Å². The molecular weight excluding hydrogens is 403 g/mol. The van der Waals surface area contributed by atoms with Gasteiger partial charge in [-0.2, -0.15) is 5.10 Å². The highest BCUT2D eigenvalue weighted by molar-refractivity contribution is 5.19. The lowest BCUT2D eigenvalue weighted by Gasteiger charge is -2.40. The first-order chi connectivity index (χ1) is 15.4. The quantitative estimate of drug-likeness (QED) is 0.580. The van der Waals surface area contributed by atoms with Gasteiger partial charge in [0.05, 0.1) is 12.2 Å². The van der Waals surface area contributed by atoms with Crippen molar-refractivity contribution < 1.29 is 4.39 Å². The second-order valence-electron chi connectivity index (χ2n) is 9.35. The number of halogens is 1. The van der Waals surface area contributed by atoms with Crippen LogP contribution >= 0.6 is 0 Å². The van der Waals surface area contributed by atoms with Crippen LogP contribution in [0.5, 0.6) is 0 Å². The van der Waals surface area contributed by atoms with Crippen LogP contribution in [0, 0.1) is 25.6 Å². The second-order valence-corrected chi connectivity index (χ2v) is 9.35. The summed E-state index contributed by atoms with van der Waals surface area (Å²) >= 11 is 0. The van der Waals surface area contributed by atoms with E-state index in [9.17, 15) is 4.39 Å². The predicted molar refractivity (Wildman–Crippen MR) is 125 cm³/mol. The number of H-pyrrole nitrogens is 1. The Morgan fingerprint density at radius 2 is 1.91 bits per heavy atom. The van der Waals surface area contributed by atoms with E-state index < -0.39 is 0 Å². The lowest BCUT2D eigenvalue weighted by Crippen LogP contribution is -2.45. The Morgan fingerprint density at radius 3 is 2.50 bits per heavy atom. The number of piperidine rings is 1. The van der Waals surface area contributed by atoms with Gasteiger partial charge in [0.1, 0.15) is 11.6 Å². The van der Waals surface area contributed by atoms with E-state index in [1.165, 1.54) is 11.1 Å². The first-order valence-corrected chi connectivity index (χ1v) is 11.5. The van der Waals surface area contributed by atoms with Crippen LogP contribution in [-0.2, 0) is 26.6 Å². The Kier molecular flexibility index (Phi) is 7.06. The minimum Gasteiger partial charge on any atom is -0.345 e. The molecule has 0 bridgehead atoms. The molecule has 172 valence electrons. The van der Waals surface area contributed by atoms with E-state index in [0.717, 1.165) is 62.7 Å². The van der Waals surface area contributed by atoms with Gasteiger partial charge in [0.25, 0.3) is 0 Å². The summed E-state index contributed by atoms with van der Waals surface area (Å²) in [4.78, 5) is 12.8. The molecule has 0 radical (unpaired) electrons. The molecule has 32 heavy (non-hydrogen) atoms. The first kappa shape index (κ1) is 22.7. The number of nitrogens with zero attached hydrogens (tertiary/aromatic N) is 5. The molecule has 0 saturated carbocycles. The van der Waals surface area contributed by atoms with Crippen LogP contribution in [-0.4, -0.2) is 55.7 Å². The molecule has 4 rings (SSSR count). The van der Waals surface area contributed by atoms with E-state index in [0.29, 0.717) is 12.0 Å². The maximum absolute atomic E-state index is 13.5. The molecule has 0 amide bonds. The summed E-state index contributed by atoms with van der Waals surface area (Å²) in [6.07, 6.45) is 7.26. The van der Waals surface area contributed by atoms with Crippen molar-refractivity contribution in [2.24, 2.45) is 13.0 Å². The molecule has 1 aliphatic rings. The molecule has 0 aliphatic carbocycles. The van der Waals surface area contributed by atoms with Crippen LogP contribution in [0.3, 0.4) is 0 Å². The number of aromatic amines is 1. The Morgan fingerprint density at radius 1 is 1.19 bits per heavy atom. The van der Waals surface area contributed by atoms with Gasteiger partial charge in [-0.15, -0.1) is 0 Å². The van der Waals surface area contributed by atoms with E-state index in [2.05, 4.69) is 45.0 Å². The van der Waals surface area contributed by atoms with Gasteiger partial charge in [-0.1, -0.05) is 12.1 Å². The Balaban J connectivity index is 1.44. The zero-order valence-electron chi connectivity index (χ0n) is 19.7. The van der Waals surface area contributed by atoms with Gasteiger partial charge >= 0.3 is 0 Å². The largest absolute Gasteiger partial charge is 0.345 e. The van der Waals surface area contributed by atoms with E-state index in [1.807, 2.05) is 37.0 Å². The minimum atomic E-state index is -0.175. The van der Waals surface area contributed by atoms with Crippen molar-refractivity contribution in [1.82, 2.24) is 29.5 Å². The Bertz CT molecular complexity index is 1000. The Hall–Kier alpha value is -2.51. The van der Waals surface area contributed by atoms with Gasteiger partial charge in [-0.3, -0.25) is 14.5 Å². The van der Waals surface area contributed by atoms with Gasteiger partial charge in [0, 0.05) is 43.3 Å². The maximum atomic E-state index is 13.5. The van der Waals surface area contributed by atoms with Crippen LogP contribution in [0.15, 0.2) is 36.7 Å². The van der Waals surface area contributed by atoms with E-state index in [1.54, 1.807) is 12.1 Å². The van der Waals surface area contributed by atoms with Crippen molar-refractivity contribution >= 4 is 0 Å². The SMILES string of the molecule is Cc1cnc(CN2CCC(C(Cc3ccc(F)cc3)N(C)Cc3cn(C)nc3C)CC2)[nH]1. The highest BCUT2D eigenvalue weighted by Crippen LogP contribution is 2.28. The number of aromatic nitrogens is 4. The van der Waals surface area contributed by atoms with Crippen molar-refractivity contribution in [2.75, 3.05) is 20.1 Å². The number of rotatable bonds is 8. The summed E-state index contributed by atoms with van der Waals surface area (Å²) in [6, 6.07) is 7.41. The van der Waals surface area contributed by atoms with Crippen LogP contribution in [0.25, 0.3) is 0 Å². The normalized spacial score (nSPS) is 16.7. The maximum Gasteiger partial charge on any atom is 0.123 e. The van der Waals surface area contributed by atoms with Crippen molar-refractivity contribution in [3.05, 3.63) is 70.8 Å². The molecule has 3 aromatic rings. The topological polar surface area (TPSA) is 53.0 Å². The summed E-state index contributed by atoms with van der Waals surface area (Å²) in [7, 11) is 4.20. The summed E-state index contributed by atoms with van der Waals surface area (Å²) in [6.45, 7) is 8.02. The minimum absolute atomic E-state index is 0.175. The molecule has 1 fully saturated rings. The molecule has 2 aromatic heterocycles. The van der Waals surface area contributed by atoms with Gasteiger partial charge < -0.3 is 4.98 Å². The number of hydrogen-bond acceptors (Lipinski definition) is 4. The summed E-state index contributed by atoms with van der Waals surface area (Å²) in [5.74, 6) is 1.47. The summed E-state index contributed by atoms with van der Waals surface area (Å²) in [5, 5.41) is 4.51. The zero-order valence-corrected chi connectivity index (χ0v) is 19.7. The first-order valence-electron chi connectivity index (χ1n) is 11.5. The fraction of sp³-hybridized carbons (Fsp3) is 0.520. The average molecular weight is 439 g/mol. The van der Waals surface area contributed by atoms with Gasteiger partial charge in [-0.05, 0) is 76.9 Å². The third kappa shape index (κ3) is 5.64. The van der Waals surface area contributed by atoms with E-state index in [4.69, 9.17) is 0 Å². The third-order valence-corrected chi connectivity index (χ3v) is 6.76. The molecule has 1 N–H and O–H groups in total. The molecule has 6 nitrogen and oxygen atoms in total. The van der Waals surface area contributed by atoms with Crippen LogP contribution in [0.2, 0.25) is 0 Å². The number of hydrogen-bond donors (Lipinski definition) is 1. The van der Waals surface area contributed by atoms with Gasteiger partial charge in [0.2, 0.25) is 0 Å². The second kappa shape index (κ2) is 9.96. The monoisotopic (exact) mass is 438 g/mol. The van der Waals surface area contributed by atoms with Crippen LogP contribution in [0.4, 0.5) is 4.39 Å². The number of likely N-dealkylation sites (N-methyl/N-ethyl adjacent to an activating group) is 1. The van der Waals surface area contributed by atoms with Crippen molar-refractivity contribution in [3.63, 3.8) is 0 Å². The average Bonchev–Trinajstić information content (AvgIpc) is 3.31. The number of nitrogens with one attached hydrogen (secondary N) is 1. The summed E-state index contributed by atoms with van der Waals surface area (Å²) < 4.78 is 15.4. The highest BCUT2D eigenvalue weighted by atomic mass is 19.1. The standard InChI is InChI=1S/C25H35FN6/c1-18-14-27-25(28-18)17-32-11-9-21(10-12-32)24(13-20-5-7-23(26)8-6-20)30(3)15-22-16-31(4)29-19(22)2/h5-8,14,16,21,24H,9-13,15,17H2,1-4H3,(H,27,28). The molecule has 0 spiro atoms. The molecule has 3 heterocycles. The summed E-state index contributed by atoms with van der Waals surface area (Å²) in [5.41, 5.74) is 4.66. The van der Waals surface area contributed by atoms with Crippen molar-refractivity contribution in [2.45, 2.75) is 52.2 Å². The lowest BCUT2D eigenvalue weighted by atomic mass is 9.84. The van der Waals surface area contributed by atoms with Crippen LogP contribution in [0.1, 0.15) is 41.2 Å². The van der Waals surface area contributed by atoms with Gasteiger partial charge in [-0.25, -0.2) is 9.37 Å². The fourth-order valence-corrected chi connectivity index (χ4v) is 4.99. The molecule has 1 aliphatic heterocycles. The molecular formula is C25H35FN6. The van der Waals surface area contributed by atoms with E-state index in [-0.39, 0.29) is 5.82 Å². The third-order valence-electron chi connectivity index (χ3n) is 6.76. The molecule has 1 aromatic carbocycles.